The maximum absolute atomic E-state index is 13.5. The van der Waals surface area contributed by atoms with E-state index in [4.69, 9.17) is 0 Å². The number of halogens is 3. The number of rotatable bonds is 8. The fraction of sp³-hybridized carbons (Fsp3) is 0.407. The molecule has 0 aliphatic carbocycles. The zero-order valence-corrected chi connectivity index (χ0v) is 20.6. The maximum Gasteiger partial charge on any atom is 0.417 e. The van der Waals surface area contributed by atoms with Gasteiger partial charge < -0.3 is 10.2 Å². The summed E-state index contributed by atoms with van der Waals surface area (Å²) >= 11 is 0.920. The number of likely N-dealkylation sites (tertiary alicyclic amines) is 1. The van der Waals surface area contributed by atoms with Crippen LogP contribution in [-0.4, -0.2) is 41.5 Å². The van der Waals surface area contributed by atoms with Crippen molar-refractivity contribution in [2.24, 2.45) is 0 Å². The van der Waals surface area contributed by atoms with E-state index >= 15 is 0 Å². The van der Waals surface area contributed by atoms with Crippen LogP contribution in [0.3, 0.4) is 0 Å². The summed E-state index contributed by atoms with van der Waals surface area (Å²) in [6.45, 7) is 4.83. The van der Waals surface area contributed by atoms with Gasteiger partial charge in [-0.05, 0) is 56.5 Å². The number of amides is 1. The van der Waals surface area contributed by atoms with E-state index in [-0.39, 0.29) is 10.8 Å². The monoisotopic (exact) mass is 501 g/mol. The standard InChI is InChI=1S/C27H30F3N3OS/c1-2-19-10-7-8-16-33(19)17-9-15-31-26(34)21-18-25(32-23-13-5-3-11-20(21)23)35-24-14-6-4-12-22(24)27(28,29)30/h3-6,11-14,18-19H,2,7-10,15-17H2,1H3,(H,31,34)/t19-/m1/s1. The first kappa shape index (κ1) is 25.5. The highest BCUT2D eigenvalue weighted by molar-refractivity contribution is 7.99. The molecule has 2 aromatic carbocycles. The van der Waals surface area contributed by atoms with Gasteiger partial charge in [-0.3, -0.25) is 4.79 Å². The van der Waals surface area contributed by atoms with E-state index in [9.17, 15) is 18.0 Å². The number of benzene rings is 2. The summed E-state index contributed by atoms with van der Waals surface area (Å²) in [7, 11) is 0. The Morgan fingerprint density at radius 3 is 2.71 bits per heavy atom. The van der Waals surface area contributed by atoms with Crippen LogP contribution in [0.15, 0.2) is 64.5 Å². The summed E-state index contributed by atoms with van der Waals surface area (Å²) < 4.78 is 40.4. The highest BCUT2D eigenvalue weighted by atomic mass is 32.2. The Labute approximate surface area is 208 Å². The van der Waals surface area contributed by atoms with Crippen LogP contribution in [0.2, 0.25) is 0 Å². The number of para-hydroxylation sites is 1. The van der Waals surface area contributed by atoms with Crippen molar-refractivity contribution in [3.05, 3.63) is 65.7 Å². The summed E-state index contributed by atoms with van der Waals surface area (Å²) in [5.74, 6) is -0.236. The molecule has 4 rings (SSSR count). The first-order chi connectivity index (χ1) is 16.9. The van der Waals surface area contributed by atoms with E-state index in [1.54, 1.807) is 24.3 Å². The Kier molecular flexibility index (Phi) is 8.34. The van der Waals surface area contributed by atoms with Crippen molar-refractivity contribution in [1.82, 2.24) is 15.2 Å². The minimum Gasteiger partial charge on any atom is -0.352 e. The summed E-state index contributed by atoms with van der Waals surface area (Å²) in [6, 6.07) is 14.9. The minimum absolute atomic E-state index is 0.0566. The summed E-state index contributed by atoms with van der Waals surface area (Å²) in [5.41, 5.74) is 0.285. The van der Waals surface area contributed by atoms with Crippen molar-refractivity contribution in [2.75, 3.05) is 19.6 Å². The normalized spacial score (nSPS) is 17.0. The molecule has 0 spiro atoms. The summed E-state index contributed by atoms with van der Waals surface area (Å²) in [6.07, 6.45) is 1.28. The lowest BCUT2D eigenvalue weighted by molar-refractivity contribution is -0.139. The van der Waals surface area contributed by atoms with Crippen LogP contribution in [0, 0.1) is 0 Å². The third-order valence-electron chi connectivity index (χ3n) is 6.47. The molecule has 0 radical (unpaired) electrons. The second kappa shape index (κ2) is 11.4. The molecule has 1 atom stereocenters. The van der Waals surface area contributed by atoms with Gasteiger partial charge in [0.05, 0.1) is 16.6 Å². The molecule has 0 unspecified atom stereocenters. The van der Waals surface area contributed by atoms with Gasteiger partial charge in [0.25, 0.3) is 5.91 Å². The number of hydrogen-bond acceptors (Lipinski definition) is 4. The number of nitrogens with zero attached hydrogens (tertiary/aromatic N) is 2. The van der Waals surface area contributed by atoms with Crippen LogP contribution in [0.5, 0.6) is 0 Å². The molecule has 186 valence electrons. The van der Waals surface area contributed by atoms with Gasteiger partial charge in [0.2, 0.25) is 0 Å². The number of piperidine rings is 1. The van der Waals surface area contributed by atoms with Crippen molar-refractivity contribution >= 4 is 28.6 Å². The molecule has 1 amide bonds. The quantitative estimate of drug-likeness (QED) is 0.345. The molecular weight excluding hydrogens is 471 g/mol. The number of alkyl halides is 3. The lowest BCUT2D eigenvalue weighted by Crippen LogP contribution is -2.40. The van der Waals surface area contributed by atoms with Gasteiger partial charge >= 0.3 is 6.18 Å². The molecule has 4 nitrogen and oxygen atoms in total. The minimum atomic E-state index is -4.47. The van der Waals surface area contributed by atoms with Crippen LogP contribution in [0.25, 0.3) is 10.9 Å². The number of carbonyl (C=O) groups is 1. The molecule has 8 heteroatoms. The first-order valence-corrected chi connectivity index (χ1v) is 12.9. The number of aromatic nitrogens is 1. The van der Waals surface area contributed by atoms with E-state index in [1.807, 2.05) is 12.1 Å². The SMILES string of the molecule is CC[C@@H]1CCCCN1CCCNC(=O)c1cc(Sc2ccccc2C(F)(F)F)nc2ccccc12. The molecular formula is C27H30F3N3OS. The van der Waals surface area contributed by atoms with Crippen LogP contribution < -0.4 is 5.32 Å². The fourth-order valence-corrected chi connectivity index (χ4v) is 5.68. The van der Waals surface area contributed by atoms with E-state index in [0.29, 0.717) is 34.1 Å². The molecule has 1 aliphatic rings. The van der Waals surface area contributed by atoms with E-state index in [2.05, 4.69) is 22.1 Å². The third-order valence-corrected chi connectivity index (χ3v) is 7.47. The molecule has 1 aromatic heterocycles. The number of carbonyl (C=O) groups excluding carboxylic acids is 1. The molecule has 1 aliphatic heterocycles. The van der Waals surface area contributed by atoms with Crippen molar-refractivity contribution < 1.29 is 18.0 Å². The second-order valence-corrected chi connectivity index (χ2v) is 9.89. The predicted molar refractivity (Wildman–Crippen MR) is 134 cm³/mol. The van der Waals surface area contributed by atoms with Crippen molar-refractivity contribution in [3.8, 4) is 0 Å². The van der Waals surface area contributed by atoms with Crippen molar-refractivity contribution in [2.45, 2.75) is 61.2 Å². The third kappa shape index (κ3) is 6.35. The van der Waals surface area contributed by atoms with Gasteiger partial charge in [-0.2, -0.15) is 13.2 Å². The zero-order chi connectivity index (χ0) is 24.8. The smallest absolute Gasteiger partial charge is 0.352 e. The first-order valence-electron chi connectivity index (χ1n) is 12.1. The van der Waals surface area contributed by atoms with Crippen LogP contribution >= 0.6 is 11.8 Å². The Morgan fingerprint density at radius 2 is 1.91 bits per heavy atom. The molecule has 35 heavy (non-hydrogen) atoms. The highest BCUT2D eigenvalue weighted by Gasteiger charge is 2.33. The zero-order valence-electron chi connectivity index (χ0n) is 19.8. The maximum atomic E-state index is 13.5. The van der Waals surface area contributed by atoms with Crippen LogP contribution in [0.4, 0.5) is 13.2 Å². The Bertz CT molecular complexity index is 1170. The Balaban J connectivity index is 1.49. The van der Waals surface area contributed by atoms with Gasteiger partial charge in [0.15, 0.2) is 0 Å². The average molecular weight is 502 g/mol. The number of fused-ring (bicyclic) bond motifs is 1. The summed E-state index contributed by atoms with van der Waals surface area (Å²) in [5, 5.41) is 4.04. The molecule has 1 saturated heterocycles. The van der Waals surface area contributed by atoms with E-state index in [1.165, 1.54) is 31.4 Å². The van der Waals surface area contributed by atoms with Crippen LogP contribution in [0.1, 0.15) is 54.9 Å². The lowest BCUT2D eigenvalue weighted by Gasteiger charge is -2.35. The molecule has 0 bridgehead atoms. The predicted octanol–water partition coefficient (Wildman–Crippen LogP) is 6.79. The van der Waals surface area contributed by atoms with Gasteiger partial charge in [-0.25, -0.2) is 4.98 Å². The number of nitrogens with one attached hydrogen (secondary N) is 1. The van der Waals surface area contributed by atoms with Gasteiger partial charge in [0, 0.05) is 29.4 Å². The molecule has 2 heterocycles. The second-order valence-electron chi connectivity index (χ2n) is 8.82. The van der Waals surface area contributed by atoms with E-state index in [0.717, 1.165) is 43.8 Å². The highest BCUT2D eigenvalue weighted by Crippen LogP contribution is 2.39. The topological polar surface area (TPSA) is 45.2 Å². The largest absolute Gasteiger partial charge is 0.417 e. The molecule has 1 fully saturated rings. The van der Waals surface area contributed by atoms with Crippen molar-refractivity contribution in [3.63, 3.8) is 0 Å². The van der Waals surface area contributed by atoms with Gasteiger partial charge in [-0.1, -0.05) is 55.4 Å². The number of pyridine rings is 1. The average Bonchev–Trinajstić information content (AvgIpc) is 2.86. The molecule has 1 N–H and O–H groups in total. The van der Waals surface area contributed by atoms with Crippen molar-refractivity contribution in [1.29, 1.82) is 0 Å². The molecule has 3 aromatic rings. The molecule has 0 saturated carbocycles. The summed E-state index contributed by atoms with van der Waals surface area (Å²) in [4.78, 5) is 20.2. The van der Waals surface area contributed by atoms with Crippen LogP contribution in [-0.2, 0) is 6.18 Å². The van der Waals surface area contributed by atoms with Gasteiger partial charge in [-0.15, -0.1) is 0 Å². The lowest BCUT2D eigenvalue weighted by atomic mass is 10.00. The Hall–Kier alpha value is -2.58. The Morgan fingerprint density at radius 1 is 1.14 bits per heavy atom. The fourth-order valence-electron chi connectivity index (χ4n) is 4.69. The van der Waals surface area contributed by atoms with E-state index < -0.39 is 11.7 Å². The number of hydrogen-bond donors (Lipinski definition) is 1. The van der Waals surface area contributed by atoms with Gasteiger partial charge in [0.1, 0.15) is 5.03 Å².